The Labute approximate surface area is 165 Å². The molecule has 0 atom stereocenters. The van der Waals surface area contributed by atoms with Crippen LogP contribution in [-0.4, -0.2) is 23.2 Å². The second-order valence-corrected chi connectivity index (χ2v) is 8.76. The number of hydrogen-bond acceptors (Lipinski definition) is 4. The van der Waals surface area contributed by atoms with E-state index in [0.717, 1.165) is 55.0 Å². The summed E-state index contributed by atoms with van der Waals surface area (Å²) in [6, 6.07) is 14.3. The van der Waals surface area contributed by atoms with Gasteiger partial charge in [-0.1, -0.05) is 25.5 Å². The van der Waals surface area contributed by atoms with Crippen molar-refractivity contribution in [2.24, 2.45) is 0 Å². The van der Waals surface area contributed by atoms with Gasteiger partial charge in [-0.15, -0.1) is 10.2 Å². The zero-order chi connectivity index (χ0) is 19.6. The van der Waals surface area contributed by atoms with E-state index in [-0.39, 0.29) is 4.90 Å². The number of fused-ring (bicyclic) bond motifs is 1. The lowest BCUT2D eigenvalue weighted by atomic mass is 10.2. The smallest absolute Gasteiger partial charge is 0.261 e. The highest BCUT2D eigenvalue weighted by Gasteiger charge is 2.17. The fourth-order valence-electron chi connectivity index (χ4n) is 3.50. The molecule has 0 aliphatic carbocycles. The van der Waals surface area contributed by atoms with E-state index in [2.05, 4.69) is 19.5 Å². The molecule has 1 N–H and O–H groups in total. The SMILES string of the molecule is CCc1ccc(S(=O)(=O)Nc2ccc(-c3nnc4n3CCCCC4)cc2)cc1. The van der Waals surface area contributed by atoms with Crippen LogP contribution in [0.4, 0.5) is 5.69 Å². The van der Waals surface area contributed by atoms with Crippen molar-refractivity contribution in [2.45, 2.75) is 50.5 Å². The van der Waals surface area contributed by atoms with Crippen molar-refractivity contribution in [1.82, 2.24) is 14.8 Å². The van der Waals surface area contributed by atoms with Gasteiger partial charge in [-0.2, -0.15) is 0 Å². The molecule has 2 aromatic carbocycles. The van der Waals surface area contributed by atoms with Crippen molar-refractivity contribution in [2.75, 3.05) is 4.72 Å². The van der Waals surface area contributed by atoms with Crippen molar-refractivity contribution < 1.29 is 8.42 Å². The molecule has 1 aliphatic heterocycles. The molecule has 0 fully saturated rings. The Balaban J connectivity index is 1.54. The van der Waals surface area contributed by atoms with Crippen LogP contribution in [0.3, 0.4) is 0 Å². The average Bonchev–Trinajstić information content (AvgIpc) is 2.96. The molecule has 146 valence electrons. The van der Waals surface area contributed by atoms with E-state index in [1.807, 2.05) is 31.2 Å². The molecule has 0 amide bonds. The minimum absolute atomic E-state index is 0.261. The summed E-state index contributed by atoms with van der Waals surface area (Å²) < 4.78 is 30.0. The molecule has 4 rings (SSSR count). The lowest BCUT2D eigenvalue weighted by Crippen LogP contribution is -2.12. The number of nitrogens with one attached hydrogen (secondary N) is 1. The Hall–Kier alpha value is -2.67. The lowest BCUT2D eigenvalue weighted by molar-refractivity contribution is 0.601. The van der Waals surface area contributed by atoms with E-state index in [0.29, 0.717) is 5.69 Å². The lowest BCUT2D eigenvalue weighted by Gasteiger charge is -2.10. The highest BCUT2D eigenvalue weighted by molar-refractivity contribution is 7.92. The second kappa shape index (κ2) is 7.75. The number of rotatable bonds is 5. The minimum Gasteiger partial charge on any atom is -0.311 e. The zero-order valence-corrected chi connectivity index (χ0v) is 16.7. The number of hydrogen-bond donors (Lipinski definition) is 1. The summed E-state index contributed by atoms with van der Waals surface area (Å²) in [5.41, 5.74) is 2.57. The van der Waals surface area contributed by atoms with E-state index in [1.165, 1.54) is 6.42 Å². The van der Waals surface area contributed by atoms with Crippen LogP contribution >= 0.6 is 0 Å². The van der Waals surface area contributed by atoms with Gasteiger partial charge in [-0.3, -0.25) is 4.72 Å². The fourth-order valence-corrected chi connectivity index (χ4v) is 4.56. The van der Waals surface area contributed by atoms with Crippen molar-refractivity contribution in [3.05, 3.63) is 59.9 Å². The first-order valence-corrected chi connectivity index (χ1v) is 11.2. The van der Waals surface area contributed by atoms with Crippen LogP contribution in [0.2, 0.25) is 0 Å². The van der Waals surface area contributed by atoms with Gasteiger partial charge in [0.2, 0.25) is 0 Å². The zero-order valence-electron chi connectivity index (χ0n) is 15.9. The van der Waals surface area contributed by atoms with Gasteiger partial charge in [0.05, 0.1) is 4.90 Å². The predicted molar refractivity (Wildman–Crippen MR) is 110 cm³/mol. The van der Waals surface area contributed by atoms with Gasteiger partial charge in [0.25, 0.3) is 10.0 Å². The maximum atomic E-state index is 12.6. The monoisotopic (exact) mass is 396 g/mol. The van der Waals surface area contributed by atoms with Gasteiger partial charge in [0.1, 0.15) is 5.82 Å². The minimum atomic E-state index is -3.61. The van der Waals surface area contributed by atoms with Crippen LogP contribution in [0.5, 0.6) is 0 Å². The van der Waals surface area contributed by atoms with Gasteiger partial charge in [-0.05, 0) is 61.2 Å². The van der Waals surface area contributed by atoms with E-state index in [4.69, 9.17) is 0 Å². The maximum absolute atomic E-state index is 12.6. The summed E-state index contributed by atoms with van der Waals surface area (Å²) in [4.78, 5) is 0.261. The summed E-state index contributed by atoms with van der Waals surface area (Å²) in [6.07, 6.45) is 5.33. The van der Waals surface area contributed by atoms with Gasteiger partial charge < -0.3 is 4.57 Å². The molecule has 6 nitrogen and oxygen atoms in total. The van der Waals surface area contributed by atoms with E-state index < -0.39 is 10.0 Å². The topological polar surface area (TPSA) is 76.9 Å². The van der Waals surface area contributed by atoms with Gasteiger partial charge in [-0.25, -0.2) is 8.42 Å². The third-order valence-corrected chi connectivity index (χ3v) is 6.54. The molecule has 0 radical (unpaired) electrons. The summed E-state index contributed by atoms with van der Waals surface area (Å²) in [6.45, 7) is 2.97. The summed E-state index contributed by atoms with van der Waals surface area (Å²) in [5.74, 6) is 1.88. The number of nitrogens with zero attached hydrogens (tertiary/aromatic N) is 3. The van der Waals surface area contributed by atoms with Gasteiger partial charge in [0.15, 0.2) is 5.82 Å². The van der Waals surface area contributed by atoms with Crippen molar-refractivity contribution >= 4 is 15.7 Å². The maximum Gasteiger partial charge on any atom is 0.261 e. The predicted octanol–water partition coefficient (Wildman–Crippen LogP) is 4.03. The third-order valence-electron chi connectivity index (χ3n) is 5.15. The first-order valence-electron chi connectivity index (χ1n) is 9.71. The molecule has 0 bridgehead atoms. The fraction of sp³-hybridized carbons (Fsp3) is 0.333. The molecular formula is C21H24N4O2S. The van der Waals surface area contributed by atoms with E-state index in [1.54, 1.807) is 24.3 Å². The Kier molecular flexibility index (Phi) is 5.17. The van der Waals surface area contributed by atoms with Crippen LogP contribution in [-0.2, 0) is 29.4 Å². The van der Waals surface area contributed by atoms with Crippen LogP contribution in [0.1, 0.15) is 37.6 Å². The van der Waals surface area contributed by atoms with Crippen molar-refractivity contribution in [3.8, 4) is 11.4 Å². The molecular weight excluding hydrogens is 372 g/mol. The summed E-state index contributed by atoms with van der Waals surface area (Å²) in [5, 5.41) is 8.68. The third kappa shape index (κ3) is 3.80. The normalized spacial score (nSPS) is 14.3. The number of sulfonamides is 1. The Morgan fingerprint density at radius 1 is 0.964 bits per heavy atom. The Morgan fingerprint density at radius 3 is 2.43 bits per heavy atom. The van der Waals surface area contributed by atoms with E-state index in [9.17, 15) is 8.42 Å². The van der Waals surface area contributed by atoms with Crippen molar-refractivity contribution in [3.63, 3.8) is 0 Å². The van der Waals surface area contributed by atoms with Gasteiger partial charge >= 0.3 is 0 Å². The highest BCUT2D eigenvalue weighted by Crippen LogP contribution is 2.25. The summed E-state index contributed by atoms with van der Waals surface area (Å²) >= 11 is 0. The molecule has 28 heavy (non-hydrogen) atoms. The van der Waals surface area contributed by atoms with Crippen LogP contribution < -0.4 is 4.72 Å². The number of anilines is 1. The molecule has 1 aliphatic rings. The molecule has 1 aromatic heterocycles. The molecule has 0 unspecified atom stereocenters. The summed E-state index contributed by atoms with van der Waals surface area (Å²) in [7, 11) is -3.61. The van der Waals surface area contributed by atoms with Crippen LogP contribution in [0.15, 0.2) is 53.4 Å². The number of aryl methyl sites for hydroxylation is 2. The number of aromatic nitrogens is 3. The largest absolute Gasteiger partial charge is 0.311 e. The number of benzene rings is 2. The molecule has 0 saturated carbocycles. The first kappa shape index (κ1) is 18.7. The highest BCUT2D eigenvalue weighted by atomic mass is 32.2. The molecule has 7 heteroatoms. The molecule has 3 aromatic rings. The van der Waals surface area contributed by atoms with Crippen molar-refractivity contribution in [1.29, 1.82) is 0 Å². The quantitative estimate of drug-likeness (QED) is 0.706. The van der Waals surface area contributed by atoms with Crippen LogP contribution in [0, 0.1) is 0 Å². The Bertz CT molecular complexity index is 1050. The Morgan fingerprint density at radius 2 is 1.71 bits per heavy atom. The molecule has 2 heterocycles. The standard InChI is InChI=1S/C21H24N4O2S/c1-2-16-7-13-19(14-8-16)28(26,27)24-18-11-9-17(10-12-18)21-23-22-20-6-4-3-5-15-25(20)21/h7-14,24H,2-6,15H2,1H3. The van der Waals surface area contributed by atoms with E-state index >= 15 is 0 Å². The average molecular weight is 397 g/mol. The van der Waals surface area contributed by atoms with Crippen LogP contribution in [0.25, 0.3) is 11.4 Å². The first-order chi connectivity index (χ1) is 13.6. The van der Waals surface area contributed by atoms with Gasteiger partial charge in [0, 0.05) is 24.2 Å². The second-order valence-electron chi connectivity index (χ2n) is 7.08. The molecule has 0 spiro atoms. The molecule has 0 saturated heterocycles.